The second kappa shape index (κ2) is 6.88. The quantitative estimate of drug-likeness (QED) is 0.822. The number of likely N-dealkylation sites (N-methyl/N-ethyl adjacent to an activating group) is 1. The van der Waals surface area contributed by atoms with Crippen LogP contribution in [0.5, 0.6) is 0 Å². The summed E-state index contributed by atoms with van der Waals surface area (Å²) in [7, 11) is 2.33. The second-order valence-corrected chi connectivity index (χ2v) is 6.54. The molecule has 2 aliphatic rings. The first kappa shape index (κ1) is 14.3. The maximum atomic E-state index is 3.42. The topological polar surface area (TPSA) is 18.5 Å². The first-order valence-electron chi connectivity index (χ1n) is 7.80. The molecule has 3 unspecified atom stereocenters. The Morgan fingerprint density at radius 1 is 1.17 bits per heavy atom. The summed E-state index contributed by atoms with van der Waals surface area (Å²) in [6.07, 6.45) is 4.26. The van der Waals surface area contributed by atoms with Crippen molar-refractivity contribution in [1.29, 1.82) is 0 Å². The Bertz CT molecular complexity index is 238. The molecule has 0 amide bonds. The molecule has 1 aliphatic carbocycles. The van der Waals surface area contributed by atoms with Crippen LogP contribution in [-0.2, 0) is 0 Å². The van der Waals surface area contributed by atoms with Crippen LogP contribution < -0.4 is 5.32 Å². The summed E-state index contributed by atoms with van der Waals surface area (Å²) in [5.41, 5.74) is 0. The molecule has 1 N–H and O–H groups in total. The third-order valence-electron chi connectivity index (χ3n) is 4.96. The predicted molar refractivity (Wildman–Crippen MR) is 77.9 cm³/mol. The first-order chi connectivity index (χ1) is 8.66. The van der Waals surface area contributed by atoms with Gasteiger partial charge in [-0.2, -0.15) is 0 Å². The summed E-state index contributed by atoms with van der Waals surface area (Å²) in [5.74, 6) is 1.81. The number of rotatable bonds is 4. The molecule has 3 atom stereocenters. The van der Waals surface area contributed by atoms with Crippen molar-refractivity contribution in [3.8, 4) is 0 Å². The van der Waals surface area contributed by atoms with Crippen molar-refractivity contribution < 1.29 is 0 Å². The number of nitrogens with one attached hydrogen (secondary N) is 1. The van der Waals surface area contributed by atoms with Gasteiger partial charge in [0.15, 0.2) is 0 Å². The molecule has 0 radical (unpaired) electrons. The van der Waals surface area contributed by atoms with E-state index in [9.17, 15) is 0 Å². The summed E-state index contributed by atoms with van der Waals surface area (Å²) in [4.78, 5) is 5.23. The van der Waals surface area contributed by atoms with Crippen LogP contribution in [0.2, 0.25) is 0 Å². The van der Waals surface area contributed by atoms with Gasteiger partial charge in [-0.05, 0) is 31.7 Å². The van der Waals surface area contributed by atoms with Gasteiger partial charge in [-0.15, -0.1) is 0 Å². The van der Waals surface area contributed by atoms with Crippen molar-refractivity contribution in [2.45, 2.75) is 39.2 Å². The lowest BCUT2D eigenvalue weighted by Gasteiger charge is -2.40. The average Bonchev–Trinajstić information content (AvgIpc) is 2.40. The molecular formula is C15H31N3. The van der Waals surface area contributed by atoms with Crippen molar-refractivity contribution in [2.75, 3.05) is 46.3 Å². The summed E-state index contributed by atoms with van der Waals surface area (Å²) in [5, 5.41) is 3.42. The predicted octanol–water partition coefficient (Wildman–Crippen LogP) is 1.65. The fourth-order valence-corrected chi connectivity index (χ4v) is 3.52. The maximum absolute atomic E-state index is 3.42. The molecule has 1 saturated heterocycles. The van der Waals surface area contributed by atoms with Crippen molar-refractivity contribution in [3.63, 3.8) is 0 Å². The zero-order chi connectivity index (χ0) is 13.0. The van der Waals surface area contributed by atoms with Crippen LogP contribution in [0.1, 0.15) is 33.1 Å². The van der Waals surface area contributed by atoms with E-state index < -0.39 is 0 Å². The molecule has 0 aromatic rings. The Morgan fingerprint density at radius 3 is 2.61 bits per heavy atom. The largest absolute Gasteiger partial charge is 0.314 e. The van der Waals surface area contributed by atoms with Gasteiger partial charge < -0.3 is 10.2 Å². The van der Waals surface area contributed by atoms with Gasteiger partial charge in [-0.3, -0.25) is 4.90 Å². The van der Waals surface area contributed by atoms with Crippen molar-refractivity contribution in [1.82, 2.24) is 15.1 Å². The third-order valence-corrected chi connectivity index (χ3v) is 4.96. The van der Waals surface area contributed by atoms with Gasteiger partial charge in [-0.25, -0.2) is 0 Å². The zero-order valence-electron chi connectivity index (χ0n) is 12.5. The minimum Gasteiger partial charge on any atom is -0.314 e. The lowest BCUT2D eigenvalue weighted by atomic mass is 9.79. The minimum atomic E-state index is 0.816. The number of hydrogen-bond acceptors (Lipinski definition) is 3. The van der Waals surface area contributed by atoms with Crippen molar-refractivity contribution >= 4 is 0 Å². The molecule has 1 heterocycles. The SMILES string of the molecule is CC1CCC(C)C(N(C)CCN2CCNCC2)C1. The van der Waals surface area contributed by atoms with Gasteiger partial charge in [0.1, 0.15) is 0 Å². The normalized spacial score (nSPS) is 35.0. The molecule has 2 fully saturated rings. The van der Waals surface area contributed by atoms with Crippen LogP contribution in [0.25, 0.3) is 0 Å². The van der Waals surface area contributed by atoms with Crippen LogP contribution in [0.4, 0.5) is 0 Å². The molecule has 0 spiro atoms. The molecule has 18 heavy (non-hydrogen) atoms. The fourth-order valence-electron chi connectivity index (χ4n) is 3.52. The summed E-state index contributed by atoms with van der Waals surface area (Å²) in [6.45, 7) is 12.1. The first-order valence-corrected chi connectivity index (χ1v) is 7.80. The zero-order valence-corrected chi connectivity index (χ0v) is 12.5. The van der Waals surface area contributed by atoms with Gasteiger partial charge in [0.05, 0.1) is 0 Å². The Kier molecular flexibility index (Phi) is 5.46. The van der Waals surface area contributed by atoms with E-state index in [4.69, 9.17) is 0 Å². The van der Waals surface area contributed by atoms with Gasteiger partial charge in [-0.1, -0.05) is 20.3 Å². The van der Waals surface area contributed by atoms with Crippen LogP contribution in [-0.4, -0.2) is 62.2 Å². The van der Waals surface area contributed by atoms with Crippen molar-refractivity contribution in [3.05, 3.63) is 0 Å². The highest BCUT2D eigenvalue weighted by Crippen LogP contribution is 2.31. The van der Waals surface area contributed by atoms with E-state index in [2.05, 4.69) is 36.0 Å². The molecule has 3 heteroatoms. The Hall–Kier alpha value is -0.120. The minimum absolute atomic E-state index is 0.816. The number of nitrogens with zero attached hydrogens (tertiary/aromatic N) is 2. The molecule has 3 nitrogen and oxygen atoms in total. The Morgan fingerprint density at radius 2 is 1.89 bits per heavy atom. The van der Waals surface area contributed by atoms with Crippen LogP contribution in [0, 0.1) is 11.8 Å². The van der Waals surface area contributed by atoms with Gasteiger partial charge in [0.25, 0.3) is 0 Å². The average molecular weight is 253 g/mol. The molecule has 1 aliphatic heterocycles. The van der Waals surface area contributed by atoms with E-state index in [0.29, 0.717) is 0 Å². The van der Waals surface area contributed by atoms with E-state index in [1.807, 2.05) is 0 Å². The lowest BCUT2D eigenvalue weighted by Crippen LogP contribution is -2.48. The fraction of sp³-hybridized carbons (Fsp3) is 1.00. The standard InChI is InChI=1S/C15H31N3/c1-13-4-5-14(2)15(12-13)17(3)10-11-18-8-6-16-7-9-18/h13-16H,4-12H2,1-3H3. The lowest BCUT2D eigenvalue weighted by molar-refractivity contribution is 0.0990. The molecule has 2 rings (SSSR count). The molecule has 0 aromatic carbocycles. The van der Waals surface area contributed by atoms with Gasteiger partial charge >= 0.3 is 0 Å². The molecule has 0 aromatic heterocycles. The number of piperazine rings is 1. The monoisotopic (exact) mass is 253 g/mol. The maximum Gasteiger partial charge on any atom is 0.0121 e. The summed E-state index contributed by atoms with van der Waals surface area (Å²) in [6, 6.07) is 0.816. The molecular weight excluding hydrogens is 222 g/mol. The second-order valence-electron chi connectivity index (χ2n) is 6.54. The van der Waals surface area contributed by atoms with Gasteiger partial charge in [0.2, 0.25) is 0 Å². The molecule has 106 valence electrons. The van der Waals surface area contributed by atoms with E-state index in [-0.39, 0.29) is 0 Å². The van der Waals surface area contributed by atoms with Gasteiger partial charge in [0, 0.05) is 45.3 Å². The number of hydrogen-bond donors (Lipinski definition) is 1. The van der Waals surface area contributed by atoms with E-state index in [1.165, 1.54) is 58.5 Å². The highest BCUT2D eigenvalue weighted by atomic mass is 15.2. The van der Waals surface area contributed by atoms with Crippen LogP contribution >= 0.6 is 0 Å². The van der Waals surface area contributed by atoms with E-state index in [0.717, 1.165) is 17.9 Å². The smallest absolute Gasteiger partial charge is 0.0121 e. The summed E-state index contributed by atoms with van der Waals surface area (Å²) < 4.78 is 0. The molecule has 1 saturated carbocycles. The summed E-state index contributed by atoms with van der Waals surface area (Å²) >= 11 is 0. The van der Waals surface area contributed by atoms with Crippen LogP contribution in [0.3, 0.4) is 0 Å². The highest BCUT2D eigenvalue weighted by molar-refractivity contribution is 4.83. The highest BCUT2D eigenvalue weighted by Gasteiger charge is 2.28. The third kappa shape index (κ3) is 3.94. The van der Waals surface area contributed by atoms with Crippen LogP contribution in [0.15, 0.2) is 0 Å². The molecule has 0 bridgehead atoms. The van der Waals surface area contributed by atoms with Crippen molar-refractivity contribution in [2.24, 2.45) is 11.8 Å². The van der Waals surface area contributed by atoms with E-state index >= 15 is 0 Å². The Balaban J connectivity index is 1.73. The Labute approximate surface area is 113 Å². The van der Waals surface area contributed by atoms with E-state index in [1.54, 1.807) is 0 Å².